The van der Waals surface area contributed by atoms with E-state index in [4.69, 9.17) is 5.73 Å². The number of rotatable bonds is 7. The molecule has 1 atom stereocenters. The Labute approximate surface area is 111 Å². The third-order valence-electron chi connectivity index (χ3n) is 4.38. The summed E-state index contributed by atoms with van der Waals surface area (Å²) < 4.78 is 0. The summed E-state index contributed by atoms with van der Waals surface area (Å²) in [4.78, 5) is 0. The fourth-order valence-electron chi connectivity index (χ4n) is 2.30. The summed E-state index contributed by atoms with van der Waals surface area (Å²) in [6.07, 6.45) is 3.80. The van der Waals surface area contributed by atoms with Gasteiger partial charge in [-0.1, -0.05) is 38.1 Å². The standard InChI is InChI=1S/C16H26N2/c1-3-13(2)15-6-4-14(5-7-15)10-18-12-16(11-17)8-9-16/h4-7,13,18H,3,8-12,17H2,1-2H3. The molecule has 0 amide bonds. The van der Waals surface area contributed by atoms with Gasteiger partial charge in [0, 0.05) is 13.1 Å². The average Bonchev–Trinajstić information content (AvgIpc) is 3.19. The molecule has 0 aliphatic heterocycles. The van der Waals surface area contributed by atoms with Crippen molar-refractivity contribution in [3.05, 3.63) is 35.4 Å². The number of nitrogens with one attached hydrogen (secondary N) is 1. The van der Waals surface area contributed by atoms with Gasteiger partial charge < -0.3 is 11.1 Å². The molecule has 1 aromatic rings. The molecule has 3 N–H and O–H groups in total. The minimum absolute atomic E-state index is 0.427. The molecule has 0 spiro atoms. The minimum atomic E-state index is 0.427. The third kappa shape index (κ3) is 3.33. The normalized spacial score (nSPS) is 18.6. The van der Waals surface area contributed by atoms with E-state index >= 15 is 0 Å². The van der Waals surface area contributed by atoms with Crippen molar-refractivity contribution in [2.75, 3.05) is 13.1 Å². The van der Waals surface area contributed by atoms with Crippen molar-refractivity contribution in [3.63, 3.8) is 0 Å². The van der Waals surface area contributed by atoms with Gasteiger partial charge in [-0.15, -0.1) is 0 Å². The number of hydrogen-bond acceptors (Lipinski definition) is 2. The lowest BCUT2D eigenvalue weighted by molar-refractivity contribution is 0.468. The second kappa shape index (κ2) is 5.85. The fraction of sp³-hybridized carbons (Fsp3) is 0.625. The summed E-state index contributed by atoms with van der Waals surface area (Å²) in [5.41, 5.74) is 9.02. The predicted molar refractivity (Wildman–Crippen MR) is 77.6 cm³/mol. The highest BCUT2D eigenvalue weighted by Crippen LogP contribution is 2.43. The van der Waals surface area contributed by atoms with E-state index in [1.165, 1.54) is 30.4 Å². The monoisotopic (exact) mass is 246 g/mol. The molecule has 1 aliphatic rings. The molecule has 2 heteroatoms. The Bertz CT molecular complexity index is 365. The second-order valence-corrected chi connectivity index (χ2v) is 5.86. The van der Waals surface area contributed by atoms with E-state index in [2.05, 4.69) is 43.4 Å². The van der Waals surface area contributed by atoms with Crippen LogP contribution in [0, 0.1) is 5.41 Å². The number of nitrogens with two attached hydrogens (primary N) is 1. The molecular formula is C16H26N2. The van der Waals surface area contributed by atoms with Crippen LogP contribution in [0.25, 0.3) is 0 Å². The highest BCUT2D eigenvalue weighted by Gasteiger charge is 2.40. The maximum absolute atomic E-state index is 5.78. The van der Waals surface area contributed by atoms with Crippen molar-refractivity contribution >= 4 is 0 Å². The lowest BCUT2D eigenvalue weighted by Gasteiger charge is -2.14. The van der Waals surface area contributed by atoms with Gasteiger partial charge in [-0.05, 0) is 48.3 Å². The van der Waals surface area contributed by atoms with E-state index in [0.29, 0.717) is 11.3 Å². The Morgan fingerprint density at radius 2 is 1.94 bits per heavy atom. The summed E-state index contributed by atoms with van der Waals surface area (Å²) in [7, 11) is 0. The van der Waals surface area contributed by atoms with E-state index in [1.54, 1.807) is 0 Å². The van der Waals surface area contributed by atoms with Crippen molar-refractivity contribution in [1.29, 1.82) is 0 Å². The van der Waals surface area contributed by atoms with Crippen LogP contribution in [0.5, 0.6) is 0 Å². The molecule has 1 aromatic carbocycles. The van der Waals surface area contributed by atoms with Crippen LogP contribution >= 0.6 is 0 Å². The number of hydrogen-bond donors (Lipinski definition) is 2. The summed E-state index contributed by atoms with van der Waals surface area (Å²) in [6.45, 7) is 7.37. The van der Waals surface area contributed by atoms with Gasteiger partial charge in [-0.25, -0.2) is 0 Å². The molecule has 2 rings (SSSR count). The average molecular weight is 246 g/mol. The van der Waals surface area contributed by atoms with Crippen molar-refractivity contribution in [1.82, 2.24) is 5.32 Å². The Hall–Kier alpha value is -0.860. The molecule has 0 heterocycles. The van der Waals surface area contributed by atoms with Crippen LogP contribution in [-0.2, 0) is 6.54 Å². The van der Waals surface area contributed by atoms with Crippen LogP contribution in [-0.4, -0.2) is 13.1 Å². The quantitative estimate of drug-likeness (QED) is 0.776. The Kier molecular flexibility index (Phi) is 4.41. The molecule has 100 valence electrons. The molecule has 2 nitrogen and oxygen atoms in total. The molecule has 0 saturated heterocycles. The third-order valence-corrected chi connectivity index (χ3v) is 4.38. The SMILES string of the molecule is CCC(C)c1ccc(CNCC2(CN)CC2)cc1. The van der Waals surface area contributed by atoms with Gasteiger partial charge in [0.15, 0.2) is 0 Å². The molecule has 0 aromatic heterocycles. The Morgan fingerprint density at radius 3 is 2.44 bits per heavy atom. The summed E-state index contributed by atoms with van der Waals surface area (Å²) in [5.74, 6) is 0.666. The second-order valence-electron chi connectivity index (χ2n) is 5.86. The molecular weight excluding hydrogens is 220 g/mol. The largest absolute Gasteiger partial charge is 0.330 e. The zero-order valence-corrected chi connectivity index (χ0v) is 11.7. The van der Waals surface area contributed by atoms with E-state index in [-0.39, 0.29) is 0 Å². The molecule has 18 heavy (non-hydrogen) atoms. The smallest absolute Gasteiger partial charge is 0.0205 e. The maximum Gasteiger partial charge on any atom is 0.0205 e. The van der Waals surface area contributed by atoms with Crippen LogP contribution in [0.1, 0.15) is 50.2 Å². The van der Waals surface area contributed by atoms with Crippen molar-refractivity contribution in [3.8, 4) is 0 Å². The van der Waals surface area contributed by atoms with Crippen LogP contribution in [0.15, 0.2) is 24.3 Å². The maximum atomic E-state index is 5.78. The highest BCUT2D eigenvalue weighted by molar-refractivity contribution is 5.25. The van der Waals surface area contributed by atoms with Crippen LogP contribution in [0.2, 0.25) is 0 Å². The highest BCUT2D eigenvalue weighted by atomic mass is 14.9. The topological polar surface area (TPSA) is 38.0 Å². The lowest BCUT2D eigenvalue weighted by atomic mass is 9.97. The first-order valence-corrected chi connectivity index (χ1v) is 7.19. The molecule has 1 unspecified atom stereocenters. The van der Waals surface area contributed by atoms with Gasteiger partial charge in [0.25, 0.3) is 0 Å². The summed E-state index contributed by atoms with van der Waals surface area (Å²) in [6, 6.07) is 9.02. The van der Waals surface area contributed by atoms with E-state index < -0.39 is 0 Å². The van der Waals surface area contributed by atoms with Crippen LogP contribution in [0.4, 0.5) is 0 Å². The van der Waals surface area contributed by atoms with Gasteiger partial charge in [0.1, 0.15) is 0 Å². The molecule has 1 saturated carbocycles. The van der Waals surface area contributed by atoms with E-state index in [1.807, 2.05) is 0 Å². The molecule has 1 fully saturated rings. The first kappa shape index (κ1) is 13.6. The van der Waals surface area contributed by atoms with Gasteiger partial charge in [0.05, 0.1) is 0 Å². The first-order valence-electron chi connectivity index (χ1n) is 7.19. The number of benzene rings is 1. The van der Waals surface area contributed by atoms with Crippen LogP contribution < -0.4 is 11.1 Å². The molecule has 0 radical (unpaired) electrons. The van der Waals surface area contributed by atoms with E-state index in [0.717, 1.165) is 19.6 Å². The van der Waals surface area contributed by atoms with Gasteiger partial charge in [0.2, 0.25) is 0 Å². The minimum Gasteiger partial charge on any atom is -0.330 e. The van der Waals surface area contributed by atoms with Crippen molar-refractivity contribution < 1.29 is 0 Å². The molecule has 1 aliphatic carbocycles. The van der Waals surface area contributed by atoms with Crippen molar-refractivity contribution in [2.45, 2.75) is 45.6 Å². The fourth-order valence-corrected chi connectivity index (χ4v) is 2.30. The van der Waals surface area contributed by atoms with Gasteiger partial charge in [-0.2, -0.15) is 0 Å². The molecule has 0 bridgehead atoms. The van der Waals surface area contributed by atoms with Crippen LogP contribution in [0.3, 0.4) is 0 Å². The van der Waals surface area contributed by atoms with Gasteiger partial charge >= 0.3 is 0 Å². The summed E-state index contributed by atoms with van der Waals surface area (Å²) >= 11 is 0. The predicted octanol–water partition coefficient (Wildman–Crippen LogP) is 3.03. The van der Waals surface area contributed by atoms with Gasteiger partial charge in [-0.3, -0.25) is 0 Å². The Morgan fingerprint density at radius 1 is 1.28 bits per heavy atom. The van der Waals surface area contributed by atoms with E-state index in [9.17, 15) is 0 Å². The zero-order valence-electron chi connectivity index (χ0n) is 11.7. The Balaban J connectivity index is 1.79. The first-order chi connectivity index (χ1) is 8.69. The summed E-state index contributed by atoms with van der Waals surface area (Å²) in [5, 5.41) is 3.54. The van der Waals surface area contributed by atoms with Crippen molar-refractivity contribution in [2.24, 2.45) is 11.1 Å². The zero-order chi connectivity index (χ0) is 13.0. The lowest BCUT2D eigenvalue weighted by Crippen LogP contribution is -2.29.